The van der Waals surface area contributed by atoms with Crippen LogP contribution in [-0.4, -0.2) is 62.8 Å². The Morgan fingerprint density at radius 3 is 2.16 bits per heavy atom. The summed E-state index contributed by atoms with van der Waals surface area (Å²) in [7, 11) is -7.40. The number of alkyl halides is 2. The molecule has 0 spiro atoms. The average molecular weight is 491 g/mol. The van der Waals surface area contributed by atoms with Crippen molar-refractivity contribution in [2.75, 3.05) is 25.1 Å². The predicted molar refractivity (Wildman–Crippen MR) is 115 cm³/mol. The summed E-state index contributed by atoms with van der Waals surface area (Å²) in [6.07, 6.45) is 2.86. The van der Waals surface area contributed by atoms with Crippen molar-refractivity contribution in [1.29, 1.82) is 0 Å². The normalized spacial score (nSPS) is 16.8. The molecule has 1 aliphatic rings. The van der Waals surface area contributed by atoms with Crippen LogP contribution in [0.1, 0.15) is 19.8 Å². The molecule has 1 aliphatic heterocycles. The molecule has 1 saturated heterocycles. The zero-order chi connectivity index (χ0) is 23.7. The molecule has 0 aliphatic carbocycles. The summed E-state index contributed by atoms with van der Waals surface area (Å²) in [5, 5.41) is 0. The van der Waals surface area contributed by atoms with Crippen LogP contribution in [0.15, 0.2) is 52.3 Å². The lowest BCUT2D eigenvalue weighted by Crippen LogP contribution is -2.45. The summed E-state index contributed by atoms with van der Waals surface area (Å²) in [6, 6.07) is 8.73. The van der Waals surface area contributed by atoms with Crippen LogP contribution in [0.2, 0.25) is 0 Å². The minimum atomic E-state index is -4.06. The number of benzene rings is 1. The third-order valence-corrected chi connectivity index (χ3v) is 8.12. The zero-order valence-electron chi connectivity index (χ0n) is 17.6. The van der Waals surface area contributed by atoms with Crippen molar-refractivity contribution in [2.45, 2.75) is 36.7 Å². The quantitative estimate of drug-likeness (QED) is 0.589. The fraction of sp³-hybridized carbons (Fsp3) is 0.450. The Balaban J connectivity index is 1.64. The van der Waals surface area contributed by atoms with Crippen molar-refractivity contribution in [3.63, 3.8) is 0 Å². The van der Waals surface area contributed by atoms with Gasteiger partial charge in [-0.15, -0.1) is 0 Å². The first-order valence-corrected chi connectivity index (χ1v) is 13.3. The van der Waals surface area contributed by atoms with Gasteiger partial charge in [0.1, 0.15) is 17.6 Å². The molecule has 0 N–H and O–H groups in total. The molecule has 0 saturated carbocycles. The molecule has 0 unspecified atom stereocenters. The standard InChI is InChI=1S/C20H24F2N2O6S2/c1-20(21,22)14-32(28,29)23-10-7-16(8-11-23)30-17-9-12-24(19(25)13-17)15-3-5-18(6-4-15)31(2,26)27/h3-6,9,12-13,16H,7-8,10-11,14H2,1-2H3. The highest BCUT2D eigenvalue weighted by Gasteiger charge is 2.36. The van der Waals surface area contributed by atoms with Gasteiger partial charge < -0.3 is 4.74 Å². The van der Waals surface area contributed by atoms with Crippen molar-refractivity contribution in [3.8, 4) is 11.4 Å². The van der Waals surface area contributed by atoms with Crippen LogP contribution in [0.25, 0.3) is 5.69 Å². The Morgan fingerprint density at radius 1 is 1.06 bits per heavy atom. The second-order valence-corrected chi connectivity index (χ2v) is 11.9. The second-order valence-electron chi connectivity index (χ2n) is 7.88. The van der Waals surface area contributed by atoms with Gasteiger partial charge in [0.05, 0.1) is 4.90 Å². The molecule has 2 heterocycles. The van der Waals surface area contributed by atoms with Crippen LogP contribution in [-0.2, 0) is 19.9 Å². The lowest BCUT2D eigenvalue weighted by molar-refractivity contribution is 0.0454. The van der Waals surface area contributed by atoms with Crippen molar-refractivity contribution in [3.05, 3.63) is 52.9 Å². The van der Waals surface area contributed by atoms with Gasteiger partial charge in [0.15, 0.2) is 9.84 Å². The Bertz CT molecular complexity index is 1230. The molecule has 0 amide bonds. The van der Waals surface area contributed by atoms with E-state index in [1.807, 2.05) is 0 Å². The first-order chi connectivity index (χ1) is 14.7. The number of halogens is 2. The van der Waals surface area contributed by atoms with E-state index in [0.29, 0.717) is 31.2 Å². The summed E-state index contributed by atoms with van der Waals surface area (Å²) in [5.41, 5.74) is 0.0972. The number of sulfonamides is 1. The molecule has 3 rings (SSSR count). The van der Waals surface area contributed by atoms with Gasteiger partial charge in [-0.3, -0.25) is 9.36 Å². The molecule has 0 radical (unpaired) electrons. The van der Waals surface area contributed by atoms with E-state index in [-0.39, 0.29) is 29.6 Å². The highest BCUT2D eigenvalue weighted by molar-refractivity contribution is 7.90. The molecule has 2 aromatic rings. The second kappa shape index (κ2) is 8.91. The lowest BCUT2D eigenvalue weighted by atomic mass is 10.1. The monoisotopic (exact) mass is 490 g/mol. The van der Waals surface area contributed by atoms with Crippen molar-refractivity contribution in [2.24, 2.45) is 0 Å². The Hall–Kier alpha value is -2.31. The van der Waals surface area contributed by atoms with Crippen LogP contribution in [0.4, 0.5) is 8.78 Å². The van der Waals surface area contributed by atoms with Gasteiger partial charge in [-0.2, -0.15) is 0 Å². The molecule has 176 valence electrons. The van der Waals surface area contributed by atoms with Crippen molar-refractivity contribution >= 4 is 19.9 Å². The summed E-state index contributed by atoms with van der Waals surface area (Å²) in [4.78, 5) is 12.6. The number of piperidine rings is 1. The number of nitrogens with zero attached hydrogens (tertiary/aromatic N) is 2. The molecule has 1 aromatic carbocycles. The molecule has 8 nitrogen and oxygen atoms in total. The Kier molecular flexibility index (Phi) is 6.78. The Morgan fingerprint density at radius 2 is 1.66 bits per heavy atom. The lowest BCUT2D eigenvalue weighted by Gasteiger charge is -2.32. The number of aromatic nitrogens is 1. The van der Waals surface area contributed by atoms with Crippen molar-refractivity contribution in [1.82, 2.24) is 8.87 Å². The number of rotatable bonds is 7. The maximum Gasteiger partial charge on any atom is 0.260 e. The third kappa shape index (κ3) is 6.14. The van der Waals surface area contributed by atoms with Gasteiger partial charge in [0, 0.05) is 44.2 Å². The smallest absolute Gasteiger partial charge is 0.260 e. The average Bonchev–Trinajstić information content (AvgIpc) is 2.66. The van der Waals surface area contributed by atoms with E-state index in [1.165, 1.54) is 41.1 Å². The van der Waals surface area contributed by atoms with E-state index in [0.717, 1.165) is 10.6 Å². The van der Waals surface area contributed by atoms with E-state index in [1.54, 1.807) is 6.07 Å². The number of pyridine rings is 1. The van der Waals surface area contributed by atoms with Gasteiger partial charge >= 0.3 is 0 Å². The van der Waals surface area contributed by atoms with Crippen LogP contribution < -0.4 is 10.3 Å². The number of ether oxygens (including phenoxy) is 1. The van der Waals surface area contributed by atoms with E-state index in [9.17, 15) is 30.4 Å². The molecule has 32 heavy (non-hydrogen) atoms. The molecular formula is C20H24F2N2O6S2. The summed E-state index contributed by atoms with van der Waals surface area (Å²) in [6.45, 7) is 0.697. The molecule has 12 heteroatoms. The Labute approximate surface area is 185 Å². The fourth-order valence-electron chi connectivity index (χ4n) is 3.43. The van der Waals surface area contributed by atoms with Gasteiger partial charge in [0.25, 0.3) is 11.5 Å². The minimum Gasteiger partial charge on any atom is -0.490 e. The number of sulfone groups is 1. The summed E-state index contributed by atoms with van der Waals surface area (Å²) >= 11 is 0. The van der Waals surface area contributed by atoms with Gasteiger partial charge in [0.2, 0.25) is 10.0 Å². The molecule has 1 fully saturated rings. The van der Waals surface area contributed by atoms with Gasteiger partial charge in [-0.05, 0) is 43.2 Å². The largest absolute Gasteiger partial charge is 0.490 e. The number of hydrogen-bond donors (Lipinski definition) is 0. The van der Waals surface area contributed by atoms with Crippen LogP contribution in [0, 0.1) is 0 Å². The molecule has 0 bridgehead atoms. The maximum atomic E-state index is 13.1. The van der Waals surface area contributed by atoms with E-state index < -0.39 is 31.5 Å². The SMILES string of the molecule is CC(F)(F)CS(=O)(=O)N1CCC(Oc2ccn(-c3ccc(S(C)(=O)=O)cc3)c(=O)c2)CC1. The first-order valence-electron chi connectivity index (χ1n) is 9.80. The van der Waals surface area contributed by atoms with Crippen LogP contribution in [0.5, 0.6) is 5.75 Å². The molecule has 1 aromatic heterocycles. The van der Waals surface area contributed by atoms with Crippen LogP contribution >= 0.6 is 0 Å². The van der Waals surface area contributed by atoms with E-state index >= 15 is 0 Å². The highest BCUT2D eigenvalue weighted by Crippen LogP contribution is 2.23. The first kappa shape index (κ1) is 24.3. The van der Waals surface area contributed by atoms with Crippen molar-refractivity contribution < 1.29 is 30.4 Å². The fourth-order valence-corrected chi connectivity index (χ4v) is 5.65. The third-order valence-electron chi connectivity index (χ3n) is 4.97. The summed E-state index contributed by atoms with van der Waals surface area (Å²) in [5.74, 6) is -4.23. The maximum absolute atomic E-state index is 13.1. The predicted octanol–water partition coefficient (Wildman–Crippen LogP) is 2.07. The zero-order valence-corrected chi connectivity index (χ0v) is 19.2. The van der Waals surface area contributed by atoms with E-state index in [4.69, 9.17) is 4.74 Å². The minimum absolute atomic E-state index is 0.0623. The molecular weight excluding hydrogens is 466 g/mol. The van der Waals surface area contributed by atoms with Gasteiger partial charge in [-0.25, -0.2) is 29.9 Å². The number of hydrogen-bond acceptors (Lipinski definition) is 6. The molecule has 0 atom stereocenters. The van der Waals surface area contributed by atoms with Gasteiger partial charge in [-0.1, -0.05) is 0 Å². The summed E-state index contributed by atoms with van der Waals surface area (Å²) < 4.78 is 81.7. The van der Waals surface area contributed by atoms with E-state index in [2.05, 4.69) is 0 Å². The highest BCUT2D eigenvalue weighted by atomic mass is 32.2. The van der Waals surface area contributed by atoms with Crippen LogP contribution in [0.3, 0.4) is 0 Å². The topological polar surface area (TPSA) is 103 Å².